The van der Waals surface area contributed by atoms with Crippen molar-refractivity contribution in [3.63, 3.8) is 0 Å². The van der Waals surface area contributed by atoms with Crippen LogP contribution in [0.5, 0.6) is 0 Å². The summed E-state index contributed by atoms with van der Waals surface area (Å²) in [5.74, 6) is -1.21. The predicted molar refractivity (Wildman–Crippen MR) is 63.0 cm³/mol. The van der Waals surface area contributed by atoms with Crippen molar-refractivity contribution in [2.75, 3.05) is 6.54 Å². The van der Waals surface area contributed by atoms with Crippen molar-refractivity contribution in [1.82, 2.24) is 5.32 Å². The highest BCUT2D eigenvalue weighted by atomic mass is 16.4. The van der Waals surface area contributed by atoms with Crippen LogP contribution in [0.3, 0.4) is 0 Å². The van der Waals surface area contributed by atoms with Gasteiger partial charge in [-0.3, -0.25) is 9.59 Å². The standard InChI is InChI=1S/C12H17NO3/c1-4-10(6-5-9(2)3)12(16)13-8-7-11(14)15/h4-6H,2,7-8H2,1,3H3,(H,13,16)(H,14,15)/b6-5-,10-4+. The molecule has 4 heteroatoms. The third-order valence-electron chi connectivity index (χ3n) is 1.75. The van der Waals surface area contributed by atoms with E-state index in [1.807, 2.05) is 6.92 Å². The van der Waals surface area contributed by atoms with Gasteiger partial charge < -0.3 is 10.4 Å². The van der Waals surface area contributed by atoms with Crippen molar-refractivity contribution in [3.8, 4) is 0 Å². The maximum atomic E-state index is 11.5. The van der Waals surface area contributed by atoms with Gasteiger partial charge in [-0.1, -0.05) is 24.3 Å². The molecule has 0 fully saturated rings. The van der Waals surface area contributed by atoms with Gasteiger partial charge in [0, 0.05) is 12.1 Å². The number of amides is 1. The third kappa shape index (κ3) is 6.59. The first kappa shape index (κ1) is 14.2. The van der Waals surface area contributed by atoms with E-state index in [2.05, 4.69) is 11.9 Å². The Labute approximate surface area is 95.4 Å². The minimum atomic E-state index is -0.931. The second kappa shape index (κ2) is 7.45. The van der Waals surface area contributed by atoms with Gasteiger partial charge in [-0.2, -0.15) is 0 Å². The Hall–Kier alpha value is -1.84. The molecule has 0 radical (unpaired) electrons. The molecule has 0 spiro atoms. The molecule has 0 aromatic rings. The molecule has 0 atom stereocenters. The van der Waals surface area contributed by atoms with E-state index >= 15 is 0 Å². The minimum absolute atomic E-state index is 0.0765. The van der Waals surface area contributed by atoms with Crippen LogP contribution in [0.2, 0.25) is 0 Å². The van der Waals surface area contributed by atoms with Crippen molar-refractivity contribution < 1.29 is 14.7 Å². The fraction of sp³-hybridized carbons (Fsp3) is 0.333. The number of allylic oxidation sites excluding steroid dienone is 3. The molecule has 0 rings (SSSR count). The highest BCUT2D eigenvalue weighted by Crippen LogP contribution is 2.00. The minimum Gasteiger partial charge on any atom is -0.481 e. The maximum absolute atomic E-state index is 11.5. The lowest BCUT2D eigenvalue weighted by atomic mass is 10.2. The smallest absolute Gasteiger partial charge is 0.305 e. The number of carboxylic acid groups (broad SMARTS) is 1. The Balaban J connectivity index is 4.23. The summed E-state index contributed by atoms with van der Waals surface area (Å²) in [6, 6.07) is 0. The summed E-state index contributed by atoms with van der Waals surface area (Å²) in [5, 5.41) is 10.9. The molecule has 1 amide bonds. The quantitative estimate of drug-likeness (QED) is 0.531. The second-order valence-corrected chi connectivity index (χ2v) is 3.32. The molecule has 0 bridgehead atoms. The van der Waals surface area contributed by atoms with Gasteiger partial charge in [-0.05, 0) is 19.9 Å². The Bertz CT molecular complexity index is 340. The van der Waals surface area contributed by atoms with E-state index in [1.165, 1.54) is 0 Å². The average Bonchev–Trinajstić information content (AvgIpc) is 2.17. The molecule has 88 valence electrons. The van der Waals surface area contributed by atoms with Crippen molar-refractivity contribution in [2.24, 2.45) is 0 Å². The second-order valence-electron chi connectivity index (χ2n) is 3.32. The molecule has 0 aliphatic rings. The van der Waals surface area contributed by atoms with Crippen molar-refractivity contribution in [2.45, 2.75) is 20.3 Å². The molecule has 0 unspecified atom stereocenters. The van der Waals surface area contributed by atoms with Crippen LogP contribution < -0.4 is 5.32 Å². The maximum Gasteiger partial charge on any atom is 0.305 e. The number of carbonyl (C=O) groups excluding carboxylic acids is 1. The summed E-state index contributed by atoms with van der Waals surface area (Å²) in [6.07, 6.45) is 4.97. The van der Waals surface area contributed by atoms with Crippen molar-refractivity contribution >= 4 is 11.9 Å². The zero-order valence-corrected chi connectivity index (χ0v) is 9.62. The number of rotatable bonds is 6. The van der Waals surface area contributed by atoms with Crippen LogP contribution in [-0.2, 0) is 9.59 Å². The SMILES string of the molecule is C=C(C)/C=C\C(=C/C)C(=O)NCCC(=O)O. The number of hydrogen-bond donors (Lipinski definition) is 2. The number of carbonyl (C=O) groups is 2. The normalized spacial score (nSPS) is 11.5. The van der Waals surface area contributed by atoms with Gasteiger partial charge in [-0.15, -0.1) is 0 Å². The molecule has 0 saturated heterocycles. The average molecular weight is 223 g/mol. The third-order valence-corrected chi connectivity index (χ3v) is 1.75. The van der Waals surface area contributed by atoms with Crippen LogP contribution in [0.4, 0.5) is 0 Å². The molecule has 4 nitrogen and oxygen atoms in total. The fourth-order valence-corrected chi connectivity index (χ4v) is 0.920. The first-order valence-electron chi connectivity index (χ1n) is 4.97. The van der Waals surface area contributed by atoms with E-state index in [0.717, 1.165) is 5.57 Å². The first-order chi connectivity index (χ1) is 7.47. The van der Waals surface area contributed by atoms with E-state index in [1.54, 1.807) is 25.2 Å². The van der Waals surface area contributed by atoms with Crippen molar-refractivity contribution in [3.05, 3.63) is 36.0 Å². The molecule has 2 N–H and O–H groups in total. The topological polar surface area (TPSA) is 66.4 Å². The van der Waals surface area contributed by atoms with Crippen LogP contribution in [0.1, 0.15) is 20.3 Å². The van der Waals surface area contributed by atoms with Crippen molar-refractivity contribution in [1.29, 1.82) is 0 Å². The van der Waals surface area contributed by atoms with Gasteiger partial charge in [0.25, 0.3) is 5.91 Å². The predicted octanol–water partition coefficient (Wildman–Crippen LogP) is 1.66. The molecule has 16 heavy (non-hydrogen) atoms. The summed E-state index contributed by atoms with van der Waals surface area (Å²) >= 11 is 0. The van der Waals surface area contributed by atoms with Crippen LogP contribution in [-0.4, -0.2) is 23.5 Å². The molecule has 0 aromatic carbocycles. The number of aliphatic carboxylic acids is 1. The first-order valence-corrected chi connectivity index (χ1v) is 4.97. The molecule has 0 aliphatic heterocycles. The fourth-order valence-electron chi connectivity index (χ4n) is 0.920. The molecule has 0 aromatic heterocycles. The van der Waals surface area contributed by atoms with Crippen LogP contribution >= 0.6 is 0 Å². The highest BCUT2D eigenvalue weighted by molar-refractivity contribution is 5.96. The Morgan fingerprint density at radius 1 is 1.38 bits per heavy atom. The van der Waals surface area contributed by atoms with E-state index in [0.29, 0.717) is 5.57 Å². The number of hydrogen-bond acceptors (Lipinski definition) is 2. The summed E-state index contributed by atoms with van der Waals surface area (Å²) in [7, 11) is 0. The number of carboxylic acids is 1. The van der Waals surface area contributed by atoms with E-state index in [-0.39, 0.29) is 18.9 Å². The zero-order valence-electron chi connectivity index (χ0n) is 9.62. The van der Waals surface area contributed by atoms with Gasteiger partial charge >= 0.3 is 5.97 Å². The van der Waals surface area contributed by atoms with Gasteiger partial charge in [0.2, 0.25) is 0 Å². The van der Waals surface area contributed by atoms with E-state index in [4.69, 9.17) is 5.11 Å². The van der Waals surface area contributed by atoms with Crippen LogP contribution in [0.15, 0.2) is 36.0 Å². The number of nitrogens with one attached hydrogen (secondary N) is 1. The Morgan fingerprint density at radius 3 is 2.44 bits per heavy atom. The molecular formula is C12H17NO3. The Kier molecular flexibility index (Phi) is 6.59. The summed E-state index contributed by atoms with van der Waals surface area (Å²) in [6.45, 7) is 7.38. The highest BCUT2D eigenvalue weighted by Gasteiger charge is 2.05. The Morgan fingerprint density at radius 2 is 2.00 bits per heavy atom. The van der Waals surface area contributed by atoms with Crippen LogP contribution in [0, 0.1) is 0 Å². The van der Waals surface area contributed by atoms with Gasteiger partial charge in [0.05, 0.1) is 6.42 Å². The zero-order chi connectivity index (χ0) is 12.6. The van der Waals surface area contributed by atoms with Gasteiger partial charge in [0.1, 0.15) is 0 Å². The lowest BCUT2D eigenvalue weighted by molar-refractivity contribution is -0.136. The van der Waals surface area contributed by atoms with Crippen LogP contribution in [0.25, 0.3) is 0 Å². The molecular weight excluding hydrogens is 206 g/mol. The van der Waals surface area contributed by atoms with E-state index in [9.17, 15) is 9.59 Å². The summed E-state index contributed by atoms with van der Waals surface area (Å²) < 4.78 is 0. The monoisotopic (exact) mass is 223 g/mol. The lowest BCUT2D eigenvalue weighted by Gasteiger charge is -2.03. The molecule has 0 aliphatic carbocycles. The lowest BCUT2D eigenvalue weighted by Crippen LogP contribution is -2.26. The van der Waals surface area contributed by atoms with Gasteiger partial charge in [-0.25, -0.2) is 0 Å². The summed E-state index contributed by atoms with van der Waals surface area (Å²) in [4.78, 5) is 21.8. The van der Waals surface area contributed by atoms with E-state index < -0.39 is 5.97 Å². The largest absolute Gasteiger partial charge is 0.481 e. The van der Waals surface area contributed by atoms with Gasteiger partial charge in [0.15, 0.2) is 0 Å². The summed E-state index contributed by atoms with van der Waals surface area (Å²) in [5.41, 5.74) is 1.34. The molecule has 0 saturated carbocycles. The molecule has 0 heterocycles.